The van der Waals surface area contributed by atoms with Gasteiger partial charge in [0.2, 0.25) is 11.4 Å². The molecule has 3 aromatic rings. The molecule has 0 saturated carbocycles. The van der Waals surface area contributed by atoms with Crippen LogP contribution in [0.25, 0.3) is 0 Å². The number of methoxy groups -OCH3 is 1. The van der Waals surface area contributed by atoms with E-state index in [9.17, 15) is 4.79 Å². The summed E-state index contributed by atoms with van der Waals surface area (Å²) in [5.41, 5.74) is 5.18. The maximum absolute atomic E-state index is 12.8. The van der Waals surface area contributed by atoms with E-state index in [2.05, 4.69) is 36.2 Å². The molecule has 0 aliphatic heterocycles. The summed E-state index contributed by atoms with van der Waals surface area (Å²) >= 11 is 1.73. The van der Waals surface area contributed by atoms with Crippen molar-refractivity contribution in [1.29, 1.82) is 0 Å². The van der Waals surface area contributed by atoms with Crippen molar-refractivity contribution in [3.63, 3.8) is 0 Å². The van der Waals surface area contributed by atoms with Crippen molar-refractivity contribution in [1.82, 2.24) is 0 Å². The summed E-state index contributed by atoms with van der Waals surface area (Å²) in [6.45, 7) is 7.88. The van der Waals surface area contributed by atoms with E-state index in [1.54, 1.807) is 25.4 Å². The van der Waals surface area contributed by atoms with Gasteiger partial charge in [-0.1, -0.05) is 113 Å². The molecule has 42 heavy (non-hydrogen) atoms. The molecule has 0 spiro atoms. The molecular formula is C35H51BrN2O3S. The first-order chi connectivity index (χ1) is 20.0. The highest BCUT2D eigenvalue weighted by Crippen LogP contribution is 2.30. The average molecular weight is 660 g/mol. The predicted octanol–water partition coefficient (Wildman–Crippen LogP) is 6.04. The highest BCUT2D eigenvalue weighted by molar-refractivity contribution is 7.09. The standard InChI is InChI=1S/C35H51N2O3S.BrH/c1-5-6-7-8-9-10-11-12-13-14-15-18-23-40-35-24-31(21-22-34(35)39-4)26-37(30(3)38)33-20-17-16-19-32(33)27-36-25-29(2)41-28-36;/h16-17,19-22,24-25,28H,5-15,18,23,26-27H2,1-4H3;1H/q+1;/p-1. The summed E-state index contributed by atoms with van der Waals surface area (Å²) in [7, 11) is 1.67. The molecule has 3 rings (SSSR count). The summed E-state index contributed by atoms with van der Waals surface area (Å²) in [5, 5.41) is 0. The van der Waals surface area contributed by atoms with Gasteiger partial charge in [0.1, 0.15) is 0 Å². The number of unbranched alkanes of at least 4 members (excludes halogenated alkanes) is 11. The molecule has 0 saturated heterocycles. The van der Waals surface area contributed by atoms with Gasteiger partial charge in [-0.05, 0) is 37.1 Å². The summed E-state index contributed by atoms with van der Waals surface area (Å²) in [5.74, 6) is 1.49. The Hall–Kier alpha value is -2.38. The van der Waals surface area contributed by atoms with Crippen LogP contribution in [0.3, 0.4) is 0 Å². The topological polar surface area (TPSA) is 42.7 Å². The number of rotatable bonds is 20. The molecule has 0 aliphatic rings. The number of anilines is 1. The highest BCUT2D eigenvalue weighted by Gasteiger charge is 2.19. The fraction of sp³-hybridized carbons (Fsp3) is 0.543. The Bertz CT molecular complexity index is 1180. The zero-order valence-corrected chi connectivity index (χ0v) is 28.6. The molecule has 7 heteroatoms. The third kappa shape index (κ3) is 12.5. The van der Waals surface area contributed by atoms with Crippen LogP contribution in [0.1, 0.15) is 107 Å². The number of thiazole rings is 1. The minimum Gasteiger partial charge on any atom is -1.00 e. The molecule has 0 unspecified atom stereocenters. The van der Waals surface area contributed by atoms with Gasteiger partial charge in [0.25, 0.3) is 0 Å². The van der Waals surface area contributed by atoms with Crippen LogP contribution in [0.2, 0.25) is 0 Å². The Balaban J connectivity index is 0.00000616. The number of benzene rings is 2. The zero-order chi connectivity index (χ0) is 29.3. The summed E-state index contributed by atoms with van der Waals surface area (Å²) < 4.78 is 13.9. The van der Waals surface area contributed by atoms with Gasteiger partial charge in [-0.25, -0.2) is 0 Å². The zero-order valence-electron chi connectivity index (χ0n) is 26.2. The van der Waals surface area contributed by atoms with Crippen LogP contribution in [0, 0.1) is 6.92 Å². The molecular weight excluding hydrogens is 608 g/mol. The van der Waals surface area contributed by atoms with Crippen molar-refractivity contribution in [3.8, 4) is 11.5 Å². The van der Waals surface area contributed by atoms with Crippen molar-refractivity contribution in [2.45, 2.75) is 111 Å². The van der Waals surface area contributed by atoms with Crippen molar-refractivity contribution in [2.75, 3.05) is 18.6 Å². The van der Waals surface area contributed by atoms with Gasteiger partial charge in [-0.15, -0.1) is 0 Å². The summed E-state index contributed by atoms with van der Waals surface area (Å²) in [6.07, 6.45) is 18.0. The van der Waals surface area contributed by atoms with Gasteiger partial charge >= 0.3 is 0 Å². The van der Waals surface area contributed by atoms with Gasteiger partial charge in [0.05, 0.1) is 30.8 Å². The molecule has 232 valence electrons. The first-order valence-corrected chi connectivity index (χ1v) is 16.5. The number of carbonyl (C=O) groups excluding carboxylic acids is 1. The lowest BCUT2D eigenvalue weighted by Gasteiger charge is -2.24. The van der Waals surface area contributed by atoms with E-state index in [1.807, 2.05) is 41.3 Å². The van der Waals surface area contributed by atoms with E-state index >= 15 is 0 Å². The van der Waals surface area contributed by atoms with E-state index in [-0.39, 0.29) is 22.9 Å². The second kappa shape index (κ2) is 20.5. The lowest BCUT2D eigenvalue weighted by atomic mass is 10.1. The van der Waals surface area contributed by atoms with E-state index in [0.717, 1.165) is 41.3 Å². The molecule has 1 amide bonds. The Morgan fingerprint density at radius 1 is 0.881 bits per heavy atom. The Morgan fingerprint density at radius 2 is 1.52 bits per heavy atom. The lowest BCUT2D eigenvalue weighted by Crippen LogP contribution is -3.00. The molecule has 0 aliphatic carbocycles. The molecule has 5 nitrogen and oxygen atoms in total. The minimum absolute atomic E-state index is 0. The third-order valence-corrected chi connectivity index (χ3v) is 8.41. The maximum Gasteiger partial charge on any atom is 0.225 e. The number of amides is 1. The van der Waals surface area contributed by atoms with Crippen LogP contribution in [0.4, 0.5) is 5.69 Å². The molecule has 0 bridgehead atoms. The second-order valence-corrected chi connectivity index (χ2v) is 12.2. The van der Waals surface area contributed by atoms with Crippen LogP contribution in [-0.2, 0) is 17.9 Å². The Labute approximate surface area is 269 Å². The van der Waals surface area contributed by atoms with Gasteiger partial charge in [-0.3, -0.25) is 4.79 Å². The second-order valence-electron chi connectivity index (χ2n) is 11.1. The van der Waals surface area contributed by atoms with E-state index < -0.39 is 0 Å². The van der Waals surface area contributed by atoms with E-state index in [0.29, 0.717) is 13.2 Å². The van der Waals surface area contributed by atoms with E-state index in [4.69, 9.17) is 9.47 Å². The van der Waals surface area contributed by atoms with Crippen molar-refractivity contribution < 1.29 is 35.8 Å². The number of para-hydroxylation sites is 1. The fourth-order valence-corrected chi connectivity index (χ4v) is 5.87. The van der Waals surface area contributed by atoms with Crippen molar-refractivity contribution in [3.05, 3.63) is 70.2 Å². The van der Waals surface area contributed by atoms with Gasteiger partial charge < -0.3 is 31.4 Å². The van der Waals surface area contributed by atoms with Gasteiger partial charge in [0, 0.05) is 12.5 Å². The Kier molecular flexibility index (Phi) is 17.5. The SMILES string of the molecule is CCCCCCCCCCCCCCOc1cc(CN(C(C)=O)c2ccccc2C[n+]2csc(C)c2)ccc1OC.[Br-]. The number of carbonyl (C=O) groups is 1. The van der Waals surface area contributed by atoms with Crippen LogP contribution < -0.4 is 35.9 Å². The van der Waals surface area contributed by atoms with Crippen LogP contribution in [-0.4, -0.2) is 19.6 Å². The predicted molar refractivity (Wildman–Crippen MR) is 171 cm³/mol. The Morgan fingerprint density at radius 3 is 2.12 bits per heavy atom. The molecule has 2 aromatic carbocycles. The first kappa shape index (κ1) is 35.8. The summed E-state index contributed by atoms with van der Waals surface area (Å²) in [4.78, 5) is 16.0. The molecule has 0 N–H and O–H groups in total. The maximum atomic E-state index is 12.8. The third-order valence-electron chi connectivity index (χ3n) is 7.56. The van der Waals surface area contributed by atoms with Crippen molar-refractivity contribution >= 4 is 22.9 Å². The van der Waals surface area contributed by atoms with Crippen LogP contribution in [0.15, 0.2) is 54.2 Å². The molecule has 0 atom stereocenters. The number of halogens is 1. The van der Waals surface area contributed by atoms with E-state index in [1.165, 1.54) is 75.5 Å². The number of aromatic nitrogens is 1. The average Bonchev–Trinajstić information content (AvgIpc) is 3.38. The van der Waals surface area contributed by atoms with Gasteiger partial charge in [0.15, 0.2) is 24.2 Å². The van der Waals surface area contributed by atoms with Crippen LogP contribution in [0.5, 0.6) is 11.5 Å². The number of hydrogen-bond acceptors (Lipinski definition) is 4. The normalized spacial score (nSPS) is 10.8. The molecule has 0 radical (unpaired) electrons. The number of nitrogens with zero attached hydrogens (tertiary/aromatic N) is 2. The van der Waals surface area contributed by atoms with Crippen LogP contribution >= 0.6 is 11.3 Å². The summed E-state index contributed by atoms with van der Waals surface area (Å²) in [6, 6.07) is 14.1. The first-order valence-electron chi connectivity index (χ1n) is 15.6. The highest BCUT2D eigenvalue weighted by atomic mass is 79.9. The number of aryl methyl sites for hydroxylation is 1. The lowest BCUT2D eigenvalue weighted by molar-refractivity contribution is -0.683. The molecule has 0 fully saturated rings. The minimum atomic E-state index is 0. The van der Waals surface area contributed by atoms with Gasteiger partial charge in [-0.2, -0.15) is 4.57 Å². The quantitative estimate of drug-likeness (QED) is 0.110. The fourth-order valence-electron chi connectivity index (χ4n) is 5.24. The number of hydrogen-bond donors (Lipinski definition) is 0. The smallest absolute Gasteiger partial charge is 0.225 e. The molecule has 1 heterocycles. The van der Waals surface area contributed by atoms with Crippen molar-refractivity contribution in [2.24, 2.45) is 0 Å². The number of ether oxygens (including phenoxy) is 2. The largest absolute Gasteiger partial charge is 1.00 e. The monoisotopic (exact) mass is 658 g/mol. The molecule has 1 aromatic heterocycles.